The lowest BCUT2D eigenvalue weighted by molar-refractivity contribution is 0.0984. The van der Waals surface area contributed by atoms with Crippen LogP contribution in [-0.4, -0.2) is 61.9 Å². The molecule has 10 nitrogen and oxygen atoms in total. The first-order valence-electron chi connectivity index (χ1n) is 13.1. The van der Waals surface area contributed by atoms with Gasteiger partial charge in [-0.1, -0.05) is 22.6 Å². The van der Waals surface area contributed by atoms with Crippen molar-refractivity contribution >= 4 is 45.9 Å². The highest BCUT2D eigenvalue weighted by molar-refractivity contribution is 14.1. The Morgan fingerprint density at radius 3 is 2.71 bits per heavy atom. The highest BCUT2D eigenvalue weighted by Gasteiger charge is 2.35. The highest BCUT2D eigenvalue weighted by atomic mass is 127. The first-order chi connectivity index (χ1) is 18.5. The van der Waals surface area contributed by atoms with Crippen molar-refractivity contribution < 1.29 is 9.53 Å². The van der Waals surface area contributed by atoms with Gasteiger partial charge in [-0.05, 0) is 56.9 Å². The maximum absolute atomic E-state index is 12.5. The van der Waals surface area contributed by atoms with E-state index in [9.17, 15) is 4.79 Å². The number of amides is 2. The predicted octanol–water partition coefficient (Wildman–Crippen LogP) is 4.16. The second-order valence-electron chi connectivity index (χ2n) is 10.1. The van der Waals surface area contributed by atoms with Gasteiger partial charge < -0.3 is 25.2 Å². The number of morpholine rings is 1. The molecule has 1 saturated carbocycles. The van der Waals surface area contributed by atoms with E-state index in [0.29, 0.717) is 25.6 Å². The molecule has 4 heterocycles. The fourth-order valence-corrected chi connectivity index (χ4v) is 6.16. The number of nitrogens with one attached hydrogen (secondary N) is 2. The summed E-state index contributed by atoms with van der Waals surface area (Å²) in [5.74, 6) is 2.52. The van der Waals surface area contributed by atoms with Crippen LogP contribution in [0.1, 0.15) is 37.4 Å². The fraction of sp³-hybridized carbons (Fsp3) is 0.444. The smallest absolute Gasteiger partial charge is 0.320 e. The zero-order chi connectivity index (χ0) is 26.1. The third-order valence-corrected chi connectivity index (χ3v) is 8.79. The number of ether oxygens (including phenoxy) is 1. The molecular weight excluding hydrogens is 595 g/mol. The van der Waals surface area contributed by atoms with Crippen molar-refractivity contribution in [3.63, 3.8) is 0 Å². The van der Waals surface area contributed by atoms with Gasteiger partial charge in [-0.3, -0.25) is 4.98 Å². The first-order valence-corrected chi connectivity index (χ1v) is 14.2. The van der Waals surface area contributed by atoms with Gasteiger partial charge in [-0.2, -0.15) is 0 Å². The van der Waals surface area contributed by atoms with Crippen molar-refractivity contribution in [1.82, 2.24) is 25.3 Å². The van der Waals surface area contributed by atoms with Gasteiger partial charge in [-0.25, -0.2) is 19.7 Å². The molecule has 0 spiro atoms. The monoisotopic (exact) mass is 626 g/mol. The van der Waals surface area contributed by atoms with Crippen LogP contribution < -0.4 is 20.4 Å². The van der Waals surface area contributed by atoms with Crippen LogP contribution in [0, 0.1) is 0 Å². The molecule has 198 valence electrons. The van der Waals surface area contributed by atoms with E-state index in [1.54, 1.807) is 18.6 Å². The van der Waals surface area contributed by atoms with Gasteiger partial charge in [-0.15, -0.1) is 0 Å². The molecule has 2 aromatic heterocycles. The quantitative estimate of drug-likeness (QED) is 0.247. The second kappa shape index (κ2) is 10.6. The molecule has 1 aliphatic carbocycles. The summed E-state index contributed by atoms with van der Waals surface area (Å²) in [5, 5.41) is 6.02. The molecule has 1 aromatic carbocycles. The Bertz CT molecular complexity index is 1300. The van der Waals surface area contributed by atoms with Crippen LogP contribution in [0.15, 0.2) is 42.9 Å². The van der Waals surface area contributed by atoms with Crippen molar-refractivity contribution in [2.75, 3.05) is 41.4 Å². The number of alkyl halides is 1. The summed E-state index contributed by atoms with van der Waals surface area (Å²) >= 11 is 2.33. The fourth-order valence-electron chi connectivity index (χ4n) is 5.15. The normalized spacial score (nSPS) is 20.3. The Labute approximate surface area is 235 Å². The largest absolute Gasteiger partial charge is 0.377 e. The van der Waals surface area contributed by atoms with Crippen molar-refractivity contribution in [2.45, 2.75) is 48.7 Å². The average molecular weight is 627 g/mol. The summed E-state index contributed by atoms with van der Waals surface area (Å²) in [6, 6.07) is 7.80. The number of carbonyl (C=O) groups is 1. The highest BCUT2D eigenvalue weighted by Crippen LogP contribution is 2.38. The van der Waals surface area contributed by atoms with Crippen LogP contribution in [0.5, 0.6) is 0 Å². The van der Waals surface area contributed by atoms with E-state index in [0.717, 1.165) is 67.4 Å². The molecule has 2 amide bonds. The summed E-state index contributed by atoms with van der Waals surface area (Å²) in [6.07, 6.45) is 9.21. The van der Waals surface area contributed by atoms with Gasteiger partial charge in [0.1, 0.15) is 11.6 Å². The van der Waals surface area contributed by atoms with E-state index < -0.39 is 0 Å². The van der Waals surface area contributed by atoms with Crippen molar-refractivity contribution in [3.8, 4) is 11.4 Å². The topological polar surface area (TPSA) is 108 Å². The SMILES string of the molecule is CC1COCCN1c1nc(-c2ccc(NC(=O)NC3(I)CCC3)cc2)nc2c1CCN(c1cnccn1)C2. The summed E-state index contributed by atoms with van der Waals surface area (Å²) in [5.41, 5.74) is 3.85. The number of fused-ring (bicyclic) bond motifs is 1. The van der Waals surface area contributed by atoms with Gasteiger partial charge >= 0.3 is 6.03 Å². The molecule has 0 bridgehead atoms. The van der Waals surface area contributed by atoms with Crippen molar-refractivity contribution in [1.29, 1.82) is 0 Å². The maximum Gasteiger partial charge on any atom is 0.320 e. The standard InChI is InChI=1S/C27H31IN8O2/c1-18-17-38-14-13-36(18)25-21-7-12-35(23-15-29-10-11-30-23)16-22(21)32-24(33-25)19-3-5-20(6-4-19)31-26(37)34-27(28)8-2-9-27/h3-6,10-11,15,18H,2,7-9,12-14,16-17H2,1H3,(H2,31,34,37). The van der Waals surface area contributed by atoms with Crippen LogP contribution in [0.4, 0.5) is 22.1 Å². The molecule has 1 unspecified atom stereocenters. The number of urea groups is 1. The number of benzene rings is 1. The minimum atomic E-state index is -0.176. The van der Waals surface area contributed by atoms with E-state index in [1.165, 1.54) is 5.56 Å². The molecule has 2 aliphatic heterocycles. The number of aromatic nitrogens is 4. The third-order valence-electron chi connectivity index (χ3n) is 7.44. The predicted molar refractivity (Wildman–Crippen MR) is 155 cm³/mol. The Morgan fingerprint density at radius 1 is 1.16 bits per heavy atom. The van der Waals surface area contributed by atoms with Crippen LogP contribution >= 0.6 is 22.6 Å². The zero-order valence-corrected chi connectivity index (χ0v) is 23.5. The van der Waals surface area contributed by atoms with Gasteiger partial charge in [0.25, 0.3) is 0 Å². The van der Waals surface area contributed by atoms with Crippen LogP contribution in [0.3, 0.4) is 0 Å². The number of nitrogens with zero attached hydrogens (tertiary/aromatic N) is 6. The van der Waals surface area contributed by atoms with E-state index in [-0.39, 0.29) is 15.6 Å². The lowest BCUT2D eigenvalue weighted by Crippen LogP contribution is -2.49. The maximum atomic E-state index is 12.5. The van der Waals surface area contributed by atoms with Crippen LogP contribution in [0.25, 0.3) is 11.4 Å². The van der Waals surface area contributed by atoms with E-state index >= 15 is 0 Å². The number of anilines is 3. The molecule has 1 atom stereocenters. The second-order valence-corrected chi connectivity index (χ2v) is 12.2. The van der Waals surface area contributed by atoms with Crippen LogP contribution in [0.2, 0.25) is 0 Å². The Morgan fingerprint density at radius 2 is 2.00 bits per heavy atom. The molecule has 3 aromatic rings. The van der Waals surface area contributed by atoms with E-state index in [4.69, 9.17) is 14.7 Å². The molecule has 3 aliphatic rings. The Balaban J connectivity index is 1.28. The molecule has 0 radical (unpaired) electrons. The van der Waals surface area contributed by atoms with Crippen LogP contribution in [-0.2, 0) is 17.7 Å². The number of rotatable bonds is 5. The minimum absolute atomic E-state index is 0.120. The third kappa shape index (κ3) is 5.26. The van der Waals surface area contributed by atoms with Gasteiger partial charge in [0.2, 0.25) is 0 Å². The first kappa shape index (κ1) is 25.2. The summed E-state index contributed by atoms with van der Waals surface area (Å²) < 4.78 is 5.58. The summed E-state index contributed by atoms with van der Waals surface area (Å²) in [6.45, 7) is 5.82. The Kier molecular flexibility index (Phi) is 7.04. The van der Waals surface area contributed by atoms with Gasteiger partial charge in [0.05, 0.1) is 41.2 Å². The average Bonchev–Trinajstić information content (AvgIpc) is 2.92. The lowest BCUT2D eigenvalue weighted by atomic mass is 9.93. The zero-order valence-electron chi connectivity index (χ0n) is 21.4. The van der Waals surface area contributed by atoms with Crippen molar-refractivity contribution in [3.05, 3.63) is 54.1 Å². The minimum Gasteiger partial charge on any atom is -0.377 e. The number of hydrogen-bond acceptors (Lipinski definition) is 8. The Hall–Kier alpha value is -3.06. The molecule has 38 heavy (non-hydrogen) atoms. The lowest BCUT2D eigenvalue weighted by Gasteiger charge is -2.38. The number of halogens is 1. The summed E-state index contributed by atoms with van der Waals surface area (Å²) in [4.78, 5) is 35.9. The molecule has 1 saturated heterocycles. The summed E-state index contributed by atoms with van der Waals surface area (Å²) in [7, 11) is 0. The van der Waals surface area contributed by atoms with E-state index in [2.05, 4.69) is 59.9 Å². The molecule has 2 fully saturated rings. The van der Waals surface area contributed by atoms with E-state index in [1.807, 2.05) is 24.3 Å². The number of carbonyl (C=O) groups excluding carboxylic acids is 1. The molecule has 6 rings (SSSR count). The molecule has 2 N–H and O–H groups in total. The van der Waals surface area contributed by atoms with Crippen molar-refractivity contribution in [2.24, 2.45) is 0 Å². The van der Waals surface area contributed by atoms with Gasteiger partial charge in [0, 0.05) is 42.3 Å². The number of hydrogen-bond donors (Lipinski definition) is 2. The molecular formula is C27H31IN8O2. The molecule has 11 heteroatoms. The van der Waals surface area contributed by atoms with Gasteiger partial charge in [0.15, 0.2) is 5.82 Å².